The Morgan fingerprint density at radius 2 is 2.13 bits per heavy atom. The Morgan fingerprint density at radius 1 is 1.35 bits per heavy atom. The topological polar surface area (TPSA) is 73.6 Å². The third-order valence-electron chi connectivity index (χ3n) is 3.10. The van der Waals surface area contributed by atoms with Gasteiger partial charge in [-0.3, -0.25) is 9.59 Å². The van der Waals surface area contributed by atoms with Crippen LogP contribution >= 0.6 is 11.3 Å². The van der Waals surface area contributed by atoms with E-state index in [4.69, 9.17) is 4.74 Å². The molecular weight excluding hydrogens is 314 g/mol. The summed E-state index contributed by atoms with van der Waals surface area (Å²) in [6, 6.07) is 7.37. The molecule has 0 radical (unpaired) electrons. The van der Waals surface area contributed by atoms with Gasteiger partial charge in [0.25, 0.3) is 11.1 Å². The summed E-state index contributed by atoms with van der Waals surface area (Å²) < 4.78 is 7.16. The van der Waals surface area contributed by atoms with E-state index in [2.05, 4.69) is 16.7 Å². The molecule has 0 atom stereocenters. The van der Waals surface area contributed by atoms with Crippen molar-refractivity contribution in [2.75, 3.05) is 6.61 Å². The van der Waals surface area contributed by atoms with E-state index >= 15 is 0 Å². The number of aryl methyl sites for hydroxylation is 1. The fourth-order valence-corrected chi connectivity index (χ4v) is 2.90. The van der Waals surface area contributed by atoms with Crippen molar-refractivity contribution in [3.8, 4) is 5.75 Å². The first-order chi connectivity index (χ1) is 11.1. The zero-order chi connectivity index (χ0) is 16.4. The molecule has 3 aromatic rings. The van der Waals surface area contributed by atoms with Crippen LogP contribution in [0.5, 0.6) is 5.75 Å². The number of aromatic nitrogens is 3. The van der Waals surface area contributed by atoms with Crippen molar-refractivity contribution in [3.63, 3.8) is 0 Å². The van der Waals surface area contributed by atoms with Crippen molar-refractivity contribution in [2.45, 2.75) is 6.92 Å². The quantitative estimate of drug-likeness (QED) is 0.667. The van der Waals surface area contributed by atoms with E-state index in [1.807, 2.05) is 24.3 Å². The van der Waals surface area contributed by atoms with Crippen LogP contribution in [0, 0.1) is 6.92 Å². The van der Waals surface area contributed by atoms with Gasteiger partial charge in [-0.05, 0) is 19.1 Å². The lowest BCUT2D eigenvalue weighted by Gasteiger charge is -2.05. The summed E-state index contributed by atoms with van der Waals surface area (Å²) in [7, 11) is 0. The second-order valence-corrected chi connectivity index (χ2v) is 5.76. The molecule has 0 aliphatic carbocycles. The number of thiazole rings is 1. The van der Waals surface area contributed by atoms with E-state index in [-0.39, 0.29) is 16.2 Å². The number of fused-ring (bicyclic) bond motifs is 1. The van der Waals surface area contributed by atoms with Crippen LogP contribution in [0.15, 0.2) is 46.5 Å². The second kappa shape index (κ2) is 6.13. The summed E-state index contributed by atoms with van der Waals surface area (Å²) in [5.74, 6) is 0.649. The van der Waals surface area contributed by atoms with Crippen molar-refractivity contribution in [3.05, 3.63) is 73.4 Å². The standard InChI is InChI=1S/C16H13N3O3S/c1-3-8-22-12-7-5-4-6-11(12)9-13-15(21)19-16(23-13)17-14(20)10(2)18-19/h3-7,9H,1,8H2,2H3. The summed E-state index contributed by atoms with van der Waals surface area (Å²) in [5.41, 5.74) is 0.225. The molecule has 0 N–H and O–H groups in total. The van der Waals surface area contributed by atoms with Gasteiger partial charge in [-0.15, -0.1) is 0 Å². The molecule has 0 bridgehead atoms. The maximum absolute atomic E-state index is 12.4. The molecule has 23 heavy (non-hydrogen) atoms. The lowest BCUT2D eigenvalue weighted by Crippen LogP contribution is -2.27. The van der Waals surface area contributed by atoms with Gasteiger partial charge in [0, 0.05) is 5.56 Å². The summed E-state index contributed by atoms with van der Waals surface area (Å²) in [6.45, 7) is 5.52. The molecule has 0 fully saturated rings. The number of nitrogens with zero attached hydrogens (tertiary/aromatic N) is 3. The van der Waals surface area contributed by atoms with Crippen molar-refractivity contribution in [1.29, 1.82) is 0 Å². The Kier molecular flexibility index (Phi) is 4.03. The third-order valence-corrected chi connectivity index (χ3v) is 4.06. The highest BCUT2D eigenvalue weighted by molar-refractivity contribution is 7.15. The average molecular weight is 327 g/mol. The molecule has 1 aromatic carbocycles. The normalized spacial score (nSPS) is 11.8. The smallest absolute Gasteiger partial charge is 0.295 e. The van der Waals surface area contributed by atoms with Crippen LogP contribution < -0.4 is 20.4 Å². The van der Waals surface area contributed by atoms with Gasteiger partial charge in [-0.2, -0.15) is 14.6 Å². The van der Waals surface area contributed by atoms with Crippen LogP contribution in [-0.4, -0.2) is 21.2 Å². The Bertz CT molecular complexity index is 1050. The average Bonchev–Trinajstić information content (AvgIpc) is 2.83. The lowest BCUT2D eigenvalue weighted by molar-refractivity contribution is 0.362. The minimum atomic E-state index is -0.424. The molecule has 0 amide bonds. The molecule has 3 rings (SSSR count). The fraction of sp³-hybridized carbons (Fsp3) is 0.125. The van der Waals surface area contributed by atoms with Gasteiger partial charge in [0.05, 0.1) is 4.53 Å². The van der Waals surface area contributed by atoms with Crippen LogP contribution in [0.2, 0.25) is 0 Å². The van der Waals surface area contributed by atoms with Gasteiger partial charge in [0.1, 0.15) is 18.1 Å². The van der Waals surface area contributed by atoms with Gasteiger partial charge in [0.15, 0.2) is 0 Å². The summed E-state index contributed by atoms with van der Waals surface area (Å²) in [5, 5.41) is 3.98. The van der Waals surface area contributed by atoms with E-state index in [0.717, 1.165) is 21.4 Å². The molecule has 116 valence electrons. The van der Waals surface area contributed by atoms with Crippen molar-refractivity contribution < 1.29 is 4.74 Å². The van der Waals surface area contributed by atoms with Gasteiger partial charge in [-0.25, -0.2) is 0 Å². The monoisotopic (exact) mass is 327 g/mol. The Morgan fingerprint density at radius 3 is 2.91 bits per heavy atom. The van der Waals surface area contributed by atoms with Crippen molar-refractivity contribution >= 4 is 22.4 Å². The largest absolute Gasteiger partial charge is 0.489 e. The molecular formula is C16H13N3O3S. The predicted molar refractivity (Wildman–Crippen MR) is 89.1 cm³/mol. The number of benzene rings is 1. The molecule has 7 heteroatoms. The highest BCUT2D eigenvalue weighted by Crippen LogP contribution is 2.18. The summed E-state index contributed by atoms with van der Waals surface area (Å²) in [6.07, 6.45) is 3.36. The number of ether oxygens (including phenoxy) is 1. The minimum absolute atomic E-state index is 0.193. The first-order valence-electron chi connectivity index (χ1n) is 6.85. The highest BCUT2D eigenvalue weighted by Gasteiger charge is 2.09. The highest BCUT2D eigenvalue weighted by atomic mass is 32.1. The summed E-state index contributed by atoms with van der Waals surface area (Å²) >= 11 is 1.12. The summed E-state index contributed by atoms with van der Waals surface area (Å²) in [4.78, 5) is 28.1. The first kappa shape index (κ1) is 15.1. The maximum Gasteiger partial charge on any atom is 0.295 e. The van der Waals surface area contributed by atoms with E-state index in [1.165, 1.54) is 6.92 Å². The molecule has 0 saturated carbocycles. The van der Waals surface area contributed by atoms with Gasteiger partial charge in [0.2, 0.25) is 4.96 Å². The zero-order valence-electron chi connectivity index (χ0n) is 12.4. The van der Waals surface area contributed by atoms with E-state index < -0.39 is 5.56 Å². The minimum Gasteiger partial charge on any atom is -0.489 e. The van der Waals surface area contributed by atoms with E-state index in [0.29, 0.717) is 16.9 Å². The van der Waals surface area contributed by atoms with Crippen LogP contribution in [0.25, 0.3) is 11.0 Å². The lowest BCUT2D eigenvalue weighted by atomic mass is 10.2. The zero-order valence-corrected chi connectivity index (χ0v) is 13.2. The molecule has 0 spiro atoms. The Labute approximate surface area is 135 Å². The van der Waals surface area contributed by atoms with Gasteiger partial charge in [-0.1, -0.05) is 42.2 Å². The van der Waals surface area contributed by atoms with Crippen LogP contribution in [0.4, 0.5) is 0 Å². The van der Waals surface area contributed by atoms with Gasteiger partial charge < -0.3 is 4.74 Å². The fourth-order valence-electron chi connectivity index (χ4n) is 2.01. The third kappa shape index (κ3) is 2.91. The molecule has 0 unspecified atom stereocenters. The number of para-hydroxylation sites is 1. The molecule has 0 aliphatic rings. The predicted octanol–water partition coefficient (Wildman–Crippen LogP) is 0.932. The van der Waals surface area contributed by atoms with Crippen LogP contribution in [-0.2, 0) is 0 Å². The first-order valence-corrected chi connectivity index (χ1v) is 7.67. The van der Waals surface area contributed by atoms with E-state index in [1.54, 1.807) is 12.2 Å². The van der Waals surface area contributed by atoms with Crippen molar-refractivity contribution in [2.24, 2.45) is 0 Å². The maximum atomic E-state index is 12.4. The number of rotatable bonds is 4. The second-order valence-electron chi connectivity index (χ2n) is 4.75. The molecule has 6 nitrogen and oxygen atoms in total. The Hall–Kier alpha value is -2.80. The number of hydrogen-bond acceptors (Lipinski definition) is 6. The number of hydrogen-bond donors (Lipinski definition) is 0. The molecule has 0 aliphatic heterocycles. The Balaban J connectivity index is 2.19. The van der Waals surface area contributed by atoms with Gasteiger partial charge >= 0.3 is 0 Å². The molecule has 2 heterocycles. The van der Waals surface area contributed by atoms with Crippen LogP contribution in [0.3, 0.4) is 0 Å². The van der Waals surface area contributed by atoms with Crippen LogP contribution in [0.1, 0.15) is 11.3 Å². The SMILES string of the molecule is C=CCOc1ccccc1C=c1sc2nc(=O)c(C)nn2c1=O. The van der Waals surface area contributed by atoms with Crippen molar-refractivity contribution in [1.82, 2.24) is 14.6 Å². The van der Waals surface area contributed by atoms with E-state index in [9.17, 15) is 9.59 Å². The molecule has 2 aromatic heterocycles. The molecule has 0 saturated heterocycles.